The lowest BCUT2D eigenvalue weighted by Crippen LogP contribution is -2.23. The van der Waals surface area contributed by atoms with Crippen LogP contribution in [-0.2, 0) is 14.9 Å². The summed E-state index contributed by atoms with van der Waals surface area (Å²) in [6.45, 7) is 4.36. The van der Waals surface area contributed by atoms with Gasteiger partial charge in [0, 0.05) is 0 Å². The quantitative estimate of drug-likeness (QED) is 0.707. The zero-order valence-corrected chi connectivity index (χ0v) is 9.25. The van der Waals surface area contributed by atoms with E-state index in [0.29, 0.717) is 6.61 Å². The second-order valence-corrected chi connectivity index (χ2v) is 4.17. The minimum Gasteiger partial charge on any atom is -0.465 e. The van der Waals surface area contributed by atoms with E-state index in [0.717, 1.165) is 18.4 Å². The van der Waals surface area contributed by atoms with Crippen molar-refractivity contribution in [3.8, 4) is 0 Å². The number of carbonyl (C=O) groups is 1. The van der Waals surface area contributed by atoms with Crippen LogP contribution in [0.25, 0.3) is 0 Å². The first-order chi connectivity index (χ1) is 7.19. The van der Waals surface area contributed by atoms with E-state index in [9.17, 15) is 4.79 Å². The lowest BCUT2D eigenvalue weighted by atomic mass is 9.95. The number of rotatable bonds is 3. The highest BCUT2D eigenvalue weighted by atomic mass is 16.5. The highest BCUT2D eigenvalue weighted by molar-refractivity contribution is 5.86. The summed E-state index contributed by atoms with van der Waals surface area (Å²) >= 11 is 0. The molecule has 0 heterocycles. The molecule has 0 aromatic heterocycles. The summed E-state index contributed by atoms with van der Waals surface area (Å²) in [5.74, 6) is -0.0596. The molecule has 0 saturated heterocycles. The molecular formula is C13H16O2. The summed E-state index contributed by atoms with van der Waals surface area (Å²) in [5, 5.41) is 0. The minimum absolute atomic E-state index is 0.0596. The van der Waals surface area contributed by atoms with Crippen molar-refractivity contribution < 1.29 is 9.53 Å². The van der Waals surface area contributed by atoms with Gasteiger partial charge in [0.05, 0.1) is 12.0 Å². The van der Waals surface area contributed by atoms with Crippen LogP contribution in [0.3, 0.4) is 0 Å². The molecular weight excluding hydrogens is 188 g/mol. The lowest BCUT2D eigenvalue weighted by Gasteiger charge is -2.14. The van der Waals surface area contributed by atoms with E-state index < -0.39 is 0 Å². The highest BCUT2D eigenvalue weighted by Gasteiger charge is 2.52. The maximum absolute atomic E-state index is 11.8. The number of carbonyl (C=O) groups excluding carboxylic acids is 1. The minimum atomic E-state index is -0.317. The van der Waals surface area contributed by atoms with Crippen LogP contribution in [0.4, 0.5) is 0 Å². The highest BCUT2D eigenvalue weighted by Crippen LogP contribution is 2.49. The molecule has 0 amide bonds. The van der Waals surface area contributed by atoms with Gasteiger partial charge in [-0.25, -0.2) is 0 Å². The van der Waals surface area contributed by atoms with E-state index in [1.165, 1.54) is 5.56 Å². The van der Waals surface area contributed by atoms with Gasteiger partial charge < -0.3 is 4.74 Å². The molecule has 0 atom stereocenters. The normalized spacial score (nSPS) is 17.2. The average molecular weight is 204 g/mol. The molecule has 80 valence electrons. The predicted molar refractivity (Wildman–Crippen MR) is 58.7 cm³/mol. The number of hydrogen-bond acceptors (Lipinski definition) is 2. The first-order valence-electron chi connectivity index (χ1n) is 5.43. The van der Waals surface area contributed by atoms with Gasteiger partial charge in [0.25, 0.3) is 0 Å². The van der Waals surface area contributed by atoms with Crippen LogP contribution in [-0.4, -0.2) is 12.6 Å². The largest absolute Gasteiger partial charge is 0.465 e. The average Bonchev–Trinajstić information content (AvgIpc) is 2.99. The summed E-state index contributed by atoms with van der Waals surface area (Å²) in [7, 11) is 0. The Morgan fingerprint density at radius 2 is 2.20 bits per heavy atom. The maximum atomic E-state index is 11.8. The first kappa shape index (κ1) is 10.2. The van der Waals surface area contributed by atoms with Crippen molar-refractivity contribution in [3.63, 3.8) is 0 Å². The molecule has 0 N–H and O–H groups in total. The first-order valence-corrected chi connectivity index (χ1v) is 5.43. The third-order valence-corrected chi connectivity index (χ3v) is 2.99. The number of esters is 1. The van der Waals surface area contributed by atoms with Gasteiger partial charge in [-0.15, -0.1) is 0 Å². The molecule has 15 heavy (non-hydrogen) atoms. The smallest absolute Gasteiger partial charge is 0.316 e. The Morgan fingerprint density at radius 3 is 2.73 bits per heavy atom. The second kappa shape index (κ2) is 3.69. The van der Waals surface area contributed by atoms with E-state index in [1.54, 1.807) is 0 Å². The molecule has 0 bridgehead atoms. The van der Waals surface area contributed by atoms with Crippen LogP contribution in [0.5, 0.6) is 0 Å². The van der Waals surface area contributed by atoms with Crippen LogP contribution in [0.15, 0.2) is 24.3 Å². The van der Waals surface area contributed by atoms with Crippen LogP contribution in [0, 0.1) is 6.92 Å². The summed E-state index contributed by atoms with van der Waals surface area (Å²) in [6.07, 6.45) is 1.85. The summed E-state index contributed by atoms with van der Waals surface area (Å²) in [4.78, 5) is 11.8. The zero-order valence-electron chi connectivity index (χ0n) is 9.25. The van der Waals surface area contributed by atoms with Crippen LogP contribution in [0.2, 0.25) is 0 Å². The van der Waals surface area contributed by atoms with Gasteiger partial charge in [-0.3, -0.25) is 4.79 Å². The van der Waals surface area contributed by atoms with Crippen molar-refractivity contribution in [1.82, 2.24) is 0 Å². The van der Waals surface area contributed by atoms with Gasteiger partial charge in [-0.2, -0.15) is 0 Å². The molecule has 0 spiro atoms. The fourth-order valence-corrected chi connectivity index (χ4v) is 1.95. The van der Waals surface area contributed by atoms with Crippen molar-refractivity contribution in [2.45, 2.75) is 32.1 Å². The Hall–Kier alpha value is -1.31. The van der Waals surface area contributed by atoms with E-state index >= 15 is 0 Å². The summed E-state index contributed by atoms with van der Waals surface area (Å²) in [6, 6.07) is 8.16. The van der Waals surface area contributed by atoms with Gasteiger partial charge in [-0.1, -0.05) is 29.8 Å². The third-order valence-electron chi connectivity index (χ3n) is 2.99. The van der Waals surface area contributed by atoms with Gasteiger partial charge in [0.15, 0.2) is 0 Å². The van der Waals surface area contributed by atoms with E-state index in [4.69, 9.17) is 4.74 Å². The van der Waals surface area contributed by atoms with Gasteiger partial charge >= 0.3 is 5.97 Å². The Labute approximate surface area is 90.3 Å². The van der Waals surface area contributed by atoms with Gasteiger partial charge in [-0.05, 0) is 32.3 Å². The molecule has 1 fully saturated rings. The maximum Gasteiger partial charge on any atom is 0.316 e. The number of aryl methyl sites for hydroxylation is 1. The Bertz CT molecular complexity index is 378. The number of benzene rings is 1. The second-order valence-electron chi connectivity index (χ2n) is 4.17. The van der Waals surface area contributed by atoms with Crippen molar-refractivity contribution >= 4 is 5.97 Å². The molecule has 0 aliphatic heterocycles. The number of ether oxygens (including phenoxy) is 1. The van der Waals surface area contributed by atoms with E-state index in [2.05, 4.69) is 6.07 Å². The van der Waals surface area contributed by atoms with Crippen molar-refractivity contribution in [2.75, 3.05) is 6.61 Å². The Balaban J connectivity index is 2.26. The van der Waals surface area contributed by atoms with Crippen LogP contribution < -0.4 is 0 Å². The number of hydrogen-bond donors (Lipinski definition) is 0. The molecule has 1 aromatic carbocycles. The van der Waals surface area contributed by atoms with Gasteiger partial charge in [0.2, 0.25) is 0 Å². The molecule has 1 saturated carbocycles. The van der Waals surface area contributed by atoms with E-state index in [1.807, 2.05) is 32.0 Å². The molecule has 1 aromatic rings. The molecule has 0 radical (unpaired) electrons. The van der Waals surface area contributed by atoms with Crippen LogP contribution in [0.1, 0.15) is 30.9 Å². The third kappa shape index (κ3) is 1.76. The summed E-state index contributed by atoms with van der Waals surface area (Å²) < 4.78 is 5.12. The molecule has 2 rings (SSSR count). The molecule has 1 aliphatic rings. The molecule has 1 aliphatic carbocycles. The van der Waals surface area contributed by atoms with E-state index in [-0.39, 0.29) is 11.4 Å². The molecule has 2 nitrogen and oxygen atoms in total. The van der Waals surface area contributed by atoms with Crippen molar-refractivity contribution in [3.05, 3.63) is 35.4 Å². The van der Waals surface area contributed by atoms with Gasteiger partial charge in [0.1, 0.15) is 0 Å². The summed E-state index contributed by atoms with van der Waals surface area (Å²) in [5.41, 5.74) is 1.99. The molecule has 2 heteroatoms. The predicted octanol–water partition coefficient (Wildman–Crippen LogP) is 2.59. The Morgan fingerprint density at radius 1 is 1.47 bits per heavy atom. The lowest BCUT2D eigenvalue weighted by molar-refractivity contribution is -0.146. The standard InChI is InChI=1S/C13H16O2/c1-3-15-12(14)13(7-8-13)11-6-4-5-10(2)9-11/h4-6,9H,3,7-8H2,1-2H3. The zero-order chi connectivity index (χ0) is 10.9. The van der Waals surface area contributed by atoms with Crippen molar-refractivity contribution in [1.29, 1.82) is 0 Å². The topological polar surface area (TPSA) is 26.3 Å². The van der Waals surface area contributed by atoms with Crippen molar-refractivity contribution in [2.24, 2.45) is 0 Å². The van der Waals surface area contributed by atoms with Crippen LogP contribution >= 0.6 is 0 Å². The monoisotopic (exact) mass is 204 g/mol. The SMILES string of the molecule is CCOC(=O)C1(c2cccc(C)c2)CC1. The molecule has 0 unspecified atom stereocenters. The fraction of sp³-hybridized carbons (Fsp3) is 0.462. The fourth-order valence-electron chi connectivity index (χ4n) is 1.95. The Kier molecular flexibility index (Phi) is 2.51.